The Kier molecular flexibility index (Phi) is 6.44. The van der Waals surface area contributed by atoms with Crippen LogP contribution in [0.5, 0.6) is 11.6 Å². The van der Waals surface area contributed by atoms with E-state index in [1.54, 1.807) is 36.4 Å². The number of benzene rings is 3. The first kappa shape index (κ1) is 22.1. The van der Waals surface area contributed by atoms with Gasteiger partial charge in [0.2, 0.25) is 5.88 Å². The van der Waals surface area contributed by atoms with E-state index in [4.69, 9.17) is 10.5 Å². The molecule has 0 saturated heterocycles. The standard InChI is InChI=1S/C26H21FN2O4/c27-20-11-19(18-4-1-3-16(9-18)14-28)12-21(13-20)33-25-6-2-5-24(29-25)22-8-7-17(15-30)10-23(22)26(31)32/h1-13,30H,14-15,28H2,(H,31,32). The van der Waals surface area contributed by atoms with E-state index in [0.717, 1.165) is 11.1 Å². The van der Waals surface area contributed by atoms with Crippen LogP contribution in [0.2, 0.25) is 0 Å². The Bertz CT molecular complexity index is 1320. The van der Waals surface area contributed by atoms with Crippen molar-refractivity contribution in [1.82, 2.24) is 4.98 Å². The summed E-state index contributed by atoms with van der Waals surface area (Å²) in [5.74, 6) is -1.17. The highest BCUT2D eigenvalue weighted by Crippen LogP contribution is 2.30. The van der Waals surface area contributed by atoms with Crippen molar-refractivity contribution in [3.63, 3.8) is 0 Å². The van der Waals surface area contributed by atoms with Gasteiger partial charge in [0.1, 0.15) is 11.6 Å². The molecule has 33 heavy (non-hydrogen) atoms. The Morgan fingerprint density at radius 2 is 1.76 bits per heavy atom. The van der Waals surface area contributed by atoms with Crippen molar-refractivity contribution in [3.05, 3.63) is 101 Å². The quantitative estimate of drug-likeness (QED) is 0.371. The number of pyridine rings is 1. The Balaban J connectivity index is 1.67. The van der Waals surface area contributed by atoms with Gasteiger partial charge < -0.3 is 20.7 Å². The highest BCUT2D eigenvalue weighted by molar-refractivity contribution is 5.95. The van der Waals surface area contributed by atoms with E-state index in [1.807, 2.05) is 24.3 Å². The van der Waals surface area contributed by atoms with Gasteiger partial charge in [0.05, 0.1) is 17.9 Å². The molecular formula is C26H21FN2O4. The summed E-state index contributed by atoms with van der Waals surface area (Å²) in [4.78, 5) is 16.1. The number of hydrogen-bond acceptors (Lipinski definition) is 5. The zero-order chi connectivity index (χ0) is 23.4. The first-order valence-electron chi connectivity index (χ1n) is 10.2. The third-order valence-corrected chi connectivity index (χ3v) is 5.09. The maximum Gasteiger partial charge on any atom is 0.336 e. The van der Waals surface area contributed by atoms with Crippen LogP contribution in [0, 0.1) is 5.82 Å². The Hall–Kier alpha value is -4.07. The number of aromatic carboxylic acids is 1. The zero-order valence-electron chi connectivity index (χ0n) is 17.5. The summed E-state index contributed by atoms with van der Waals surface area (Å²) in [5, 5.41) is 18.9. The molecule has 0 saturated carbocycles. The van der Waals surface area contributed by atoms with Crippen molar-refractivity contribution in [2.24, 2.45) is 5.73 Å². The highest BCUT2D eigenvalue weighted by Gasteiger charge is 2.15. The SMILES string of the molecule is NCc1cccc(-c2cc(F)cc(Oc3cccc(-c4ccc(CO)cc4C(=O)O)n3)c2)c1. The molecule has 3 aromatic carbocycles. The molecule has 6 nitrogen and oxygen atoms in total. The van der Waals surface area contributed by atoms with Gasteiger partial charge in [-0.2, -0.15) is 0 Å². The number of ether oxygens (including phenoxy) is 1. The number of nitrogens with zero attached hydrogens (tertiary/aromatic N) is 1. The van der Waals surface area contributed by atoms with Gasteiger partial charge in [0.15, 0.2) is 0 Å². The number of carboxylic acid groups (broad SMARTS) is 1. The van der Waals surface area contributed by atoms with Crippen molar-refractivity contribution >= 4 is 5.97 Å². The normalized spacial score (nSPS) is 10.8. The van der Waals surface area contributed by atoms with Crippen molar-refractivity contribution in [2.45, 2.75) is 13.2 Å². The van der Waals surface area contributed by atoms with Crippen LogP contribution in [0.15, 0.2) is 78.9 Å². The molecule has 4 N–H and O–H groups in total. The molecule has 0 bridgehead atoms. The lowest BCUT2D eigenvalue weighted by atomic mass is 10.0. The maximum absolute atomic E-state index is 14.3. The molecule has 0 spiro atoms. The molecular weight excluding hydrogens is 423 g/mol. The van der Waals surface area contributed by atoms with Gasteiger partial charge in [0, 0.05) is 24.2 Å². The van der Waals surface area contributed by atoms with Crippen molar-refractivity contribution in [2.75, 3.05) is 0 Å². The summed E-state index contributed by atoms with van der Waals surface area (Å²) in [6.07, 6.45) is 0. The molecule has 1 aromatic heterocycles. The van der Waals surface area contributed by atoms with E-state index in [0.29, 0.717) is 28.9 Å². The summed E-state index contributed by atoms with van der Waals surface area (Å²) in [7, 11) is 0. The molecule has 0 aliphatic carbocycles. The highest BCUT2D eigenvalue weighted by atomic mass is 19.1. The number of carboxylic acids is 1. The third-order valence-electron chi connectivity index (χ3n) is 5.09. The van der Waals surface area contributed by atoms with E-state index in [9.17, 15) is 19.4 Å². The number of aromatic nitrogens is 1. The van der Waals surface area contributed by atoms with Crippen LogP contribution < -0.4 is 10.5 Å². The van der Waals surface area contributed by atoms with Gasteiger partial charge in [-0.05, 0) is 52.6 Å². The van der Waals surface area contributed by atoms with Crippen LogP contribution in [0.4, 0.5) is 4.39 Å². The number of carbonyl (C=O) groups is 1. The minimum Gasteiger partial charge on any atom is -0.478 e. The molecule has 4 aromatic rings. The van der Waals surface area contributed by atoms with E-state index < -0.39 is 11.8 Å². The average Bonchev–Trinajstić information content (AvgIpc) is 2.83. The van der Waals surface area contributed by atoms with Crippen LogP contribution in [-0.2, 0) is 13.2 Å². The monoisotopic (exact) mass is 444 g/mol. The van der Waals surface area contributed by atoms with Crippen molar-refractivity contribution in [1.29, 1.82) is 0 Å². The van der Waals surface area contributed by atoms with E-state index in [1.165, 1.54) is 18.2 Å². The number of halogens is 1. The molecule has 4 rings (SSSR count). The predicted molar refractivity (Wildman–Crippen MR) is 122 cm³/mol. The maximum atomic E-state index is 14.3. The Morgan fingerprint density at radius 1 is 0.939 bits per heavy atom. The van der Waals surface area contributed by atoms with Gasteiger partial charge in [-0.3, -0.25) is 0 Å². The van der Waals surface area contributed by atoms with E-state index >= 15 is 0 Å². The van der Waals surface area contributed by atoms with E-state index in [2.05, 4.69) is 4.98 Å². The zero-order valence-corrected chi connectivity index (χ0v) is 17.5. The third kappa shape index (κ3) is 5.06. The van der Waals surface area contributed by atoms with Crippen molar-refractivity contribution < 1.29 is 24.1 Å². The summed E-state index contributed by atoms with van der Waals surface area (Å²) >= 11 is 0. The van der Waals surface area contributed by atoms with Crippen LogP contribution >= 0.6 is 0 Å². The lowest BCUT2D eigenvalue weighted by Crippen LogP contribution is -2.02. The van der Waals surface area contributed by atoms with Gasteiger partial charge in [-0.15, -0.1) is 0 Å². The van der Waals surface area contributed by atoms with Crippen molar-refractivity contribution in [3.8, 4) is 34.0 Å². The second-order valence-corrected chi connectivity index (χ2v) is 7.39. The van der Waals surface area contributed by atoms with Crippen LogP contribution in [0.3, 0.4) is 0 Å². The Labute approximate surface area is 189 Å². The molecule has 1 heterocycles. The van der Waals surface area contributed by atoms with E-state index in [-0.39, 0.29) is 23.8 Å². The molecule has 0 fully saturated rings. The molecule has 0 aliphatic heterocycles. The molecule has 0 amide bonds. The number of aliphatic hydroxyl groups excluding tert-OH is 1. The molecule has 166 valence electrons. The van der Waals surface area contributed by atoms with Crippen LogP contribution in [-0.4, -0.2) is 21.2 Å². The lowest BCUT2D eigenvalue weighted by Gasteiger charge is -2.11. The average molecular weight is 444 g/mol. The first-order valence-corrected chi connectivity index (χ1v) is 10.2. The number of nitrogens with two attached hydrogens (primary N) is 1. The largest absolute Gasteiger partial charge is 0.478 e. The summed E-state index contributed by atoms with van der Waals surface area (Å²) in [5.41, 5.74) is 9.32. The Morgan fingerprint density at radius 3 is 2.52 bits per heavy atom. The number of hydrogen-bond donors (Lipinski definition) is 3. The number of rotatable bonds is 7. The van der Waals surface area contributed by atoms with Crippen LogP contribution in [0.25, 0.3) is 22.4 Å². The summed E-state index contributed by atoms with van der Waals surface area (Å²) in [6.45, 7) is 0.105. The topological polar surface area (TPSA) is 106 Å². The minimum absolute atomic E-state index is 0.0130. The molecule has 0 radical (unpaired) electrons. The number of aliphatic hydroxyl groups is 1. The molecule has 0 atom stereocenters. The molecule has 0 unspecified atom stereocenters. The van der Waals surface area contributed by atoms with Gasteiger partial charge >= 0.3 is 5.97 Å². The first-order chi connectivity index (χ1) is 16.0. The minimum atomic E-state index is -1.14. The summed E-state index contributed by atoms with van der Waals surface area (Å²) in [6, 6.07) is 21.4. The fraction of sp³-hybridized carbons (Fsp3) is 0.0769. The fourth-order valence-electron chi connectivity index (χ4n) is 3.50. The molecule has 0 aliphatic rings. The second-order valence-electron chi connectivity index (χ2n) is 7.39. The van der Waals surface area contributed by atoms with Gasteiger partial charge in [-0.1, -0.05) is 36.4 Å². The second kappa shape index (κ2) is 9.60. The van der Waals surface area contributed by atoms with Gasteiger partial charge in [-0.25, -0.2) is 14.2 Å². The fourth-order valence-corrected chi connectivity index (χ4v) is 3.50. The van der Waals surface area contributed by atoms with Crippen LogP contribution in [0.1, 0.15) is 21.5 Å². The molecule has 7 heteroatoms. The lowest BCUT2D eigenvalue weighted by molar-refractivity contribution is 0.0697. The van der Waals surface area contributed by atoms with Gasteiger partial charge in [0.25, 0.3) is 0 Å². The smallest absolute Gasteiger partial charge is 0.336 e. The predicted octanol–water partition coefficient (Wildman–Crippen LogP) is 5.00. The summed E-state index contributed by atoms with van der Waals surface area (Å²) < 4.78 is 20.2.